The zero-order chi connectivity index (χ0) is 19.7. The van der Waals surface area contributed by atoms with Crippen LogP contribution in [0, 0.1) is 5.82 Å². The Hall–Kier alpha value is -3.41. The Labute approximate surface area is 161 Å². The van der Waals surface area contributed by atoms with E-state index in [9.17, 15) is 14.0 Å². The Morgan fingerprint density at radius 3 is 2.71 bits per heavy atom. The summed E-state index contributed by atoms with van der Waals surface area (Å²) in [4.78, 5) is 26.7. The lowest BCUT2D eigenvalue weighted by Gasteiger charge is -2.31. The van der Waals surface area contributed by atoms with Crippen molar-refractivity contribution in [3.05, 3.63) is 83.8 Å². The summed E-state index contributed by atoms with van der Waals surface area (Å²) in [6.07, 6.45) is 1.75. The van der Waals surface area contributed by atoms with Crippen LogP contribution in [0.2, 0.25) is 0 Å². The zero-order valence-electron chi connectivity index (χ0n) is 15.1. The number of hydrogen-bond donors (Lipinski definition) is 0. The van der Waals surface area contributed by atoms with Crippen molar-refractivity contribution < 1.29 is 23.5 Å². The van der Waals surface area contributed by atoms with Gasteiger partial charge in [0.15, 0.2) is 0 Å². The molecule has 0 saturated heterocycles. The third-order valence-electron chi connectivity index (χ3n) is 4.83. The largest absolute Gasteiger partial charge is 0.490 e. The lowest BCUT2D eigenvalue weighted by atomic mass is 9.84. The molecule has 0 fully saturated rings. The van der Waals surface area contributed by atoms with Gasteiger partial charge in [-0.25, -0.2) is 9.18 Å². The van der Waals surface area contributed by atoms with Crippen molar-refractivity contribution in [2.24, 2.45) is 0 Å². The molecule has 142 valence electrons. The summed E-state index contributed by atoms with van der Waals surface area (Å²) in [5, 5.41) is 0. The van der Waals surface area contributed by atoms with E-state index in [2.05, 4.69) is 6.58 Å². The van der Waals surface area contributed by atoms with Crippen molar-refractivity contribution in [1.29, 1.82) is 0 Å². The third kappa shape index (κ3) is 3.17. The van der Waals surface area contributed by atoms with E-state index in [1.54, 1.807) is 24.3 Å². The molecule has 0 aromatic heterocycles. The molecule has 2 aromatic carbocycles. The van der Waals surface area contributed by atoms with Gasteiger partial charge in [0.05, 0.1) is 17.0 Å². The van der Waals surface area contributed by atoms with E-state index >= 15 is 0 Å². The topological polar surface area (TPSA) is 55.8 Å². The monoisotopic (exact) mass is 379 g/mol. The van der Waals surface area contributed by atoms with Gasteiger partial charge in [0, 0.05) is 12.3 Å². The fourth-order valence-electron chi connectivity index (χ4n) is 3.61. The number of ether oxygens (including phenoxy) is 2. The first-order valence-electron chi connectivity index (χ1n) is 8.91. The van der Waals surface area contributed by atoms with Crippen molar-refractivity contribution >= 4 is 17.6 Å². The molecule has 2 aliphatic rings. The van der Waals surface area contributed by atoms with Gasteiger partial charge in [0.2, 0.25) is 5.91 Å². The SMILES string of the molecule is C=CCOc1ccc([C@@H]2CC(=O)N(c3cccc(F)c3)C3=C2C(=O)OC3)cc1. The highest BCUT2D eigenvalue weighted by Crippen LogP contribution is 2.42. The minimum atomic E-state index is -0.449. The number of nitrogens with zero attached hydrogens (tertiary/aromatic N) is 1. The van der Waals surface area contributed by atoms with Crippen molar-refractivity contribution in [2.75, 3.05) is 18.1 Å². The van der Waals surface area contributed by atoms with Gasteiger partial charge < -0.3 is 9.47 Å². The van der Waals surface area contributed by atoms with E-state index in [4.69, 9.17) is 9.47 Å². The molecule has 5 nitrogen and oxygen atoms in total. The molecule has 0 saturated carbocycles. The maximum Gasteiger partial charge on any atom is 0.336 e. The van der Waals surface area contributed by atoms with Gasteiger partial charge in [-0.3, -0.25) is 9.69 Å². The quantitative estimate of drug-likeness (QED) is 0.587. The third-order valence-corrected chi connectivity index (χ3v) is 4.83. The number of carbonyl (C=O) groups is 2. The predicted molar refractivity (Wildman–Crippen MR) is 101 cm³/mol. The molecule has 0 spiro atoms. The molecule has 28 heavy (non-hydrogen) atoms. The van der Waals surface area contributed by atoms with E-state index in [-0.39, 0.29) is 18.9 Å². The highest BCUT2D eigenvalue weighted by atomic mass is 19.1. The summed E-state index contributed by atoms with van der Waals surface area (Å²) in [5.41, 5.74) is 2.14. The molecule has 2 heterocycles. The molecule has 6 heteroatoms. The predicted octanol–water partition coefficient (Wildman–Crippen LogP) is 3.72. The van der Waals surface area contributed by atoms with Crippen molar-refractivity contribution in [3.63, 3.8) is 0 Å². The zero-order valence-corrected chi connectivity index (χ0v) is 15.1. The number of halogens is 1. The van der Waals surface area contributed by atoms with Crippen LogP contribution < -0.4 is 9.64 Å². The molecule has 0 radical (unpaired) electrons. The van der Waals surface area contributed by atoms with Gasteiger partial charge in [-0.05, 0) is 35.9 Å². The number of anilines is 1. The van der Waals surface area contributed by atoms with Crippen LogP contribution in [-0.4, -0.2) is 25.1 Å². The van der Waals surface area contributed by atoms with Crippen LogP contribution in [0.5, 0.6) is 5.75 Å². The van der Waals surface area contributed by atoms with Gasteiger partial charge in [-0.15, -0.1) is 0 Å². The van der Waals surface area contributed by atoms with Crippen molar-refractivity contribution in [3.8, 4) is 5.75 Å². The van der Waals surface area contributed by atoms with Crippen LogP contribution >= 0.6 is 0 Å². The number of hydrogen-bond acceptors (Lipinski definition) is 4. The maximum absolute atomic E-state index is 13.7. The van der Waals surface area contributed by atoms with Crippen LogP contribution in [0.3, 0.4) is 0 Å². The van der Waals surface area contributed by atoms with Crippen LogP contribution in [0.25, 0.3) is 0 Å². The Balaban J connectivity index is 1.72. The second-order valence-electron chi connectivity index (χ2n) is 6.57. The average molecular weight is 379 g/mol. The fourth-order valence-corrected chi connectivity index (χ4v) is 3.61. The molecule has 0 N–H and O–H groups in total. The van der Waals surface area contributed by atoms with E-state index in [0.29, 0.717) is 29.3 Å². The lowest BCUT2D eigenvalue weighted by molar-refractivity contribution is -0.136. The normalized spacial score (nSPS) is 18.8. The summed E-state index contributed by atoms with van der Waals surface area (Å²) in [6, 6.07) is 13.0. The first-order valence-corrected chi connectivity index (χ1v) is 8.91. The van der Waals surface area contributed by atoms with E-state index in [1.807, 2.05) is 12.1 Å². The number of esters is 1. The second-order valence-corrected chi connectivity index (χ2v) is 6.57. The second kappa shape index (κ2) is 7.31. The van der Waals surface area contributed by atoms with Gasteiger partial charge in [0.1, 0.15) is 24.8 Å². The molecule has 0 unspecified atom stereocenters. The van der Waals surface area contributed by atoms with Crippen LogP contribution in [0.1, 0.15) is 17.9 Å². The van der Waals surface area contributed by atoms with Crippen LogP contribution in [0.15, 0.2) is 72.5 Å². The summed E-state index contributed by atoms with van der Waals surface area (Å²) in [7, 11) is 0. The number of carbonyl (C=O) groups excluding carboxylic acids is 2. The molecule has 2 aliphatic heterocycles. The Morgan fingerprint density at radius 1 is 1.21 bits per heavy atom. The number of cyclic esters (lactones) is 1. The summed E-state index contributed by atoms with van der Waals surface area (Å²) in [6.45, 7) is 4.00. The summed E-state index contributed by atoms with van der Waals surface area (Å²) < 4.78 is 24.4. The smallest absolute Gasteiger partial charge is 0.336 e. The standard InChI is InChI=1S/C22H18FNO4/c1-2-10-27-17-8-6-14(7-9-17)18-12-20(25)24(16-5-3-4-15(23)11-16)19-13-28-22(26)21(18)19/h2-9,11,18H,1,10,12-13H2/t18-/m0/s1. The lowest BCUT2D eigenvalue weighted by Crippen LogP contribution is -2.37. The minimum absolute atomic E-state index is 0.00650. The van der Waals surface area contributed by atoms with Gasteiger partial charge in [-0.2, -0.15) is 0 Å². The van der Waals surface area contributed by atoms with Crippen LogP contribution in [0.4, 0.5) is 10.1 Å². The maximum atomic E-state index is 13.7. The molecule has 0 aliphatic carbocycles. The fraction of sp³-hybridized carbons (Fsp3) is 0.182. The van der Waals surface area contributed by atoms with Gasteiger partial charge in [-0.1, -0.05) is 30.9 Å². The number of benzene rings is 2. The first kappa shape index (κ1) is 18.0. The van der Waals surface area contributed by atoms with E-state index in [0.717, 1.165) is 5.56 Å². The number of rotatable bonds is 5. The van der Waals surface area contributed by atoms with Crippen molar-refractivity contribution in [1.82, 2.24) is 0 Å². The van der Waals surface area contributed by atoms with Crippen LogP contribution in [-0.2, 0) is 14.3 Å². The molecule has 0 bridgehead atoms. The number of amides is 1. The molecular weight excluding hydrogens is 361 g/mol. The minimum Gasteiger partial charge on any atom is -0.490 e. The molecule has 1 atom stereocenters. The Kier molecular flexibility index (Phi) is 4.69. The van der Waals surface area contributed by atoms with Crippen molar-refractivity contribution in [2.45, 2.75) is 12.3 Å². The molecular formula is C22H18FNO4. The summed E-state index contributed by atoms with van der Waals surface area (Å²) >= 11 is 0. The highest BCUT2D eigenvalue weighted by Gasteiger charge is 2.43. The first-order chi connectivity index (χ1) is 13.6. The average Bonchev–Trinajstić information content (AvgIpc) is 3.07. The van der Waals surface area contributed by atoms with E-state index in [1.165, 1.54) is 23.1 Å². The Bertz CT molecular complexity index is 980. The van der Waals surface area contributed by atoms with E-state index < -0.39 is 17.7 Å². The van der Waals surface area contributed by atoms with Gasteiger partial charge >= 0.3 is 5.97 Å². The molecule has 4 rings (SSSR count). The molecule has 2 aromatic rings. The summed E-state index contributed by atoms with van der Waals surface area (Å²) in [5.74, 6) is -0.832. The Morgan fingerprint density at radius 2 is 2.00 bits per heavy atom. The van der Waals surface area contributed by atoms with Gasteiger partial charge in [0.25, 0.3) is 0 Å². The molecule has 1 amide bonds. The highest BCUT2D eigenvalue weighted by molar-refractivity contribution is 6.06.